The lowest BCUT2D eigenvalue weighted by molar-refractivity contribution is -0.140. The molecule has 0 bridgehead atoms. The number of ether oxygens (including phenoxy) is 3. The number of amides is 8. The van der Waals surface area contributed by atoms with E-state index in [-0.39, 0.29) is 101 Å². The van der Waals surface area contributed by atoms with Crippen LogP contribution in [0, 0.1) is 94.2 Å². The van der Waals surface area contributed by atoms with E-state index in [1.54, 1.807) is 70.8 Å². The van der Waals surface area contributed by atoms with Crippen LogP contribution in [0.15, 0.2) is 11.7 Å². The van der Waals surface area contributed by atoms with Crippen molar-refractivity contribution < 1.29 is 75.6 Å². The number of nitrogens with zero attached hydrogens (tertiary/aromatic N) is 4. The van der Waals surface area contributed by atoms with E-state index < -0.39 is 30.5 Å². The fraction of sp³-hybridized carbons (Fsp3) is 0.775. The Morgan fingerprint density at radius 2 is 1.03 bits per heavy atom. The van der Waals surface area contributed by atoms with Gasteiger partial charge >= 0.3 is 12.1 Å². The molecule has 28 heteroatoms. The molecule has 1 aromatic rings. The molecule has 8 N–H and O–H groups in total. The van der Waals surface area contributed by atoms with E-state index in [2.05, 4.69) is 56.7 Å². The first-order chi connectivity index (χ1) is 45.5. The van der Waals surface area contributed by atoms with Crippen molar-refractivity contribution in [2.75, 3.05) is 87.9 Å². The number of hydrogen-bond acceptors (Lipinski definition) is 16. The summed E-state index contributed by atoms with van der Waals surface area (Å²) in [7, 11) is 8.49. The number of thiazole rings is 1. The van der Waals surface area contributed by atoms with Crippen LogP contribution in [0.4, 0.5) is 13.2 Å². The van der Waals surface area contributed by atoms with Gasteiger partial charge in [0.2, 0.25) is 47.3 Å². The number of aromatic nitrogens is 1. The number of carboxylic acids is 1. The van der Waals surface area contributed by atoms with Gasteiger partial charge in [-0.2, -0.15) is 23.7 Å². The summed E-state index contributed by atoms with van der Waals surface area (Å²) in [6.45, 7) is 49.6. The van der Waals surface area contributed by atoms with Crippen molar-refractivity contribution in [1.82, 2.24) is 47.1 Å². The van der Waals surface area contributed by atoms with Gasteiger partial charge in [-0.25, -0.2) is 0 Å². The van der Waals surface area contributed by atoms with Crippen molar-refractivity contribution in [2.45, 2.75) is 217 Å². The second-order valence-corrected chi connectivity index (χ2v) is 26.2. The molecule has 2 rings (SSSR count). The highest BCUT2D eigenvalue weighted by Gasteiger charge is 2.28. The SMILES string of the molecule is C#CCNC(=O)C(C)C.CC(C)C#N.CC(C)C(=O)N(C)C.CC(C)C(=O)NC1CCOC1.CC(C)C(=O)NCC(F)(F)F.CC(C)C(=O)NCCC#N.CC(C)C(=O)O.CC(C)c1cncs1.CCCNC(=O)C(C)C.CNC(=O)C(C)C.COC(C)C.COCCNC(=O)C(C)C. The van der Waals surface area contributed by atoms with Gasteiger partial charge in [-0.05, 0) is 46.5 Å². The van der Waals surface area contributed by atoms with Gasteiger partial charge in [0.25, 0.3) is 0 Å². The van der Waals surface area contributed by atoms with E-state index in [4.69, 9.17) is 36.3 Å². The smallest absolute Gasteiger partial charge is 0.405 e. The van der Waals surface area contributed by atoms with Gasteiger partial charge < -0.3 is 61.4 Å². The molecule has 8 amide bonds. The predicted octanol–water partition coefficient (Wildman–Crippen LogP) is 10.8. The molecule has 1 aromatic heterocycles. The van der Waals surface area contributed by atoms with E-state index in [9.17, 15) is 56.3 Å². The highest BCUT2D eigenvalue weighted by molar-refractivity contribution is 7.09. The largest absolute Gasteiger partial charge is 0.481 e. The Morgan fingerprint density at radius 1 is 0.646 bits per heavy atom. The zero-order chi connectivity index (χ0) is 80.2. The number of terminal acetylenes is 1. The van der Waals surface area contributed by atoms with E-state index in [0.717, 1.165) is 26.0 Å². The molecule has 0 radical (unpaired) electrons. The van der Waals surface area contributed by atoms with Crippen LogP contribution < -0.4 is 37.2 Å². The molecular weight excluding hydrogens is 1300 g/mol. The third kappa shape index (κ3) is 99.8. The minimum atomic E-state index is -4.31. The zero-order valence-electron chi connectivity index (χ0n) is 66.2. The molecule has 580 valence electrons. The van der Waals surface area contributed by atoms with E-state index in [1.165, 1.54) is 18.7 Å². The molecular formula is C71H136F3N11O13S. The van der Waals surface area contributed by atoms with Gasteiger partial charge in [-0.15, -0.1) is 17.8 Å². The number of methoxy groups -OCH3 is 2. The van der Waals surface area contributed by atoms with Crippen LogP contribution in [0.2, 0.25) is 0 Å². The number of nitrogens with one attached hydrogen (secondary N) is 7. The monoisotopic (exact) mass is 1440 g/mol. The minimum Gasteiger partial charge on any atom is -0.481 e. The van der Waals surface area contributed by atoms with Gasteiger partial charge in [0.1, 0.15) is 6.54 Å². The number of hydrogen-bond donors (Lipinski definition) is 8. The fourth-order valence-electron chi connectivity index (χ4n) is 4.44. The average molecular weight is 1440 g/mol. The van der Waals surface area contributed by atoms with E-state index in [0.29, 0.717) is 51.3 Å². The Bertz CT molecular complexity index is 2280. The topological polar surface area (TPSA) is 349 Å². The molecule has 0 aromatic carbocycles. The predicted molar refractivity (Wildman–Crippen MR) is 392 cm³/mol. The Morgan fingerprint density at radius 3 is 1.25 bits per heavy atom. The van der Waals surface area contributed by atoms with Crippen molar-refractivity contribution >= 4 is 64.6 Å². The average Bonchev–Trinajstić information content (AvgIpc) is 2.49. The first-order valence-electron chi connectivity index (χ1n) is 33.6. The van der Waals surface area contributed by atoms with Crippen molar-refractivity contribution in [3.63, 3.8) is 0 Å². The minimum absolute atomic E-state index is 0.00736. The fourth-order valence-corrected chi connectivity index (χ4v) is 5.08. The van der Waals surface area contributed by atoms with Gasteiger partial charge in [0.05, 0.1) is 61.9 Å². The summed E-state index contributed by atoms with van der Waals surface area (Å²) in [5.74, 6) is 2.40. The molecule has 1 aliphatic heterocycles. The van der Waals surface area contributed by atoms with Crippen molar-refractivity contribution in [3.8, 4) is 24.5 Å². The molecule has 99 heavy (non-hydrogen) atoms. The number of alkyl halides is 3. The van der Waals surface area contributed by atoms with Crippen molar-refractivity contribution in [1.29, 1.82) is 10.5 Å². The summed E-state index contributed by atoms with van der Waals surface area (Å²) >= 11 is 1.72. The Balaban J connectivity index is -0.000000110. The van der Waals surface area contributed by atoms with Crippen LogP contribution in [0.1, 0.15) is 203 Å². The molecule has 1 atom stereocenters. The highest BCUT2D eigenvalue weighted by atomic mass is 32.1. The Labute approximate surface area is 600 Å². The molecule has 1 aliphatic rings. The number of carbonyl (C=O) groups excluding carboxylic acids is 8. The lowest BCUT2D eigenvalue weighted by Crippen LogP contribution is -2.37. The van der Waals surface area contributed by atoms with Crippen LogP contribution in [0.3, 0.4) is 0 Å². The van der Waals surface area contributed by atoms with Gasteiger partial charge in [0, 0.05) is 126 Å². The van der Waals surface area contributed by atoms with Crippen LogP contribution in [0.5, 0.6) is 0 Å². The summed E-state index contributed by atoms with van der Waals surface area (Å²) in [5, 5.41) is 41.9. The third-order valence-corrected chi connectivity index (χ3v) is 12.0. The molecule has 24 nitrogen and oxygen atoms in total. The lowest BCUT2D eigenvalue weighted by atomic mass is 10.2. The summed E-state index contributed by atoms with van der Waals surface area (Å²) in [5.41, 5.74) is 1.87. The summed E-state index contributed by atoms with van der Waals surface area (Å²) in [6, 6.07) is 4.23. The second kappa shape index (κ2) is 75.3. The Kier molecular flexibility index (Phi) is 86.2. The molecule has 0 aliphatic carbocycles. The molecule has 1 saturated heterocycles. The normalized spacial score (nSPS) is 11.3. The highest BCUT2D eigenvalue weighted by Crippen LogP contribution is 2.17. The maximum Gasteiger partial charge on any atom is 0.405 e. The third-order valence-electron chi connectivity index (χ3n) is 10.9. The lowest BCUT2D eigenvalue weighted by Gasteiger charge is -2.11. The number of nitriles is 2. The van der Waals surface area contributed by atoms with Crippen LogP contribution in [-0.4, -0.2) is 174 Å². The molecule has 0 spiro atoms. The summed E-state index contributed by atoms with van der Waals surface area (Å²) < 4.78 is 49.0. The Hall–Kier alpha value is -6.93. The van der Waals surface area contributed by atoms with Gasteiger partial charge in [-0.1, -0.05) is 151 Å². The maximum atomic E-state index is 11.5. The number of rotatable bonds is 21. The number of halogens is 3. The molecule has 0 saturated carbocycles. The summed E-state index contributed by atoms with van der Waals surface area (Å²) in [6.07, 6.45) is 5.26. The van der Waals surface area contributed by atoms with Gasteiger partial charge in [-0.3, -0.25) is 48.1 Å². The standard InChI is InChI=1S/C8H15NO2.C7H12N2O.C7H15NO2.C7H15NO.C7H11NO.C6H10F3NO.C6H13NO.C6H9NS.C5H11NO.C4H7N.C4H8O2.C4H10O/c1-6(2)8(10)9-7-3-4-11-5-7;1-6(2)7(10)9-5-3-4-8;1-6(2)7(9)8-4-5-10-3;2*1-4-5-8-7(9)6(2)3;1-4(2)5(11)10-3-6(7,8)9;1-5(2)6(8)7(3)4;1-5(2)6-3-7-4-8-6;1-4(2)5(7)6-3;1-4(2)3-5;1-3(2)4(5)6;1-4(2)5-3/h6-7H,3-5H2,1-2H3,(H,9,10);6H,3,5H2,1-2H3,(H,9,10);6H,4-5H2,1-3H3,(H,8,9);6H,4-5H2,1-3H3,(H,8,9);1,6H,5H2,2-3H3,(H,8,9);4H,3H2,1-2H3,(H,10,11);5H,1-4H3;3-5H,1-2H3;4H,1-3H3,(H,6,7);4H,1-2H3;3H,1-2H3,(H,5,6);4H,1-3H3. The summed E-state index contributed by atoms with van der Waals surface area (Å²) in [4.78, 5) is 103. The van der Waals surface area contributed by atoms with E-state index in [1.807, 2.05) is 155 Å². The van der Waals surface area contributed by atoms with Crippen molar-refractivity contribution in [3.05, 3.63) is 16.6 Å². The van der Waals surface area contributed by atoms with Crippen LogP contribution in [0.25, 0.3) is 0 Å². The number of aliphatic carboxylic acids is 1. The number of carboxylic acid groups (broad SMARTS) is 1. The van der Waals surface area contributed by atoms with E-state index >= 15 is 0 Å². The van der Waals surface area contributed by atoms with Gasteiger partial charge in [0.15, 0.2) is 0 Å². The second-order valence-electron chi connectivity index (χ2n) is 25.3. The first-order valence-corrected chi connectivity index (χ1v) is 34.4. The maximum absolute atomic E-state index is 11.5. The van der Waals surface area contributed by atoms with Crippen molar-refractivity contribution in [2.24, 2.45) is 59.2 Å². The van der Waals surface area contributed by atoms with Crippen LogP contribution >= 0.6 is 11.3 Å². The molecule has 2 heterocycles. The molecule has 1 unspecified atom stereocenters. The quantitative estimate of drug-likeness (QED) is 0.0419. The zero-order valence-corrected chi connectivity index (χ0v) is 67.0. The number of carbonyl (C=O) groups is 9. The van der Waals surface area contributed by atoms with Crippen LogP contribution in [-0.2, 0) is 57.4 Å². The first kappa shape index (κ1) is 113. The molecule has 1 fully saturated rings.